The van der Waals surface area contributed by atoms with E-state index in [0.29, 0.717) is 6.54 Å². The molecule has 0 bridgehead atoms. The van der Waals surface area contributed by atoms with E-state index in [1.54, 1.807) is 11.8 Å². The third-order valence-corrected chi connectivity index (χ3v) is 4.25. The minimum atomic E-state index is -0.880. The molecule has 1 atom stereocenters. The molecular formula is C14H17NO2. The molecule has 1 aliphatic carbocycles. The summed E-state index contributed by atoms with van der Waals surface area (Å²) in [6.45, 7) is 4.22. The van der Waals surface area contributed by atoms with Gasteiger partial charge in [0.1, 0.15) is 0 Å². The highest BCUT2D eigenvalue weighted by atomic mass is 16.3. The highest BCUT2D eigenvalue weighted by Gasteiger charge is 2.68. The molecule has 0 aromatic heterocycles. The van der Waals surface area contributed by atoms with Crippen molar-refractivity contribution in [1.82, 2.24) is 0 Å². The van der Waals surface area contributed by atoms with Gasteiger partial charge >= 0.3 is 0 Å². The molecule has 0 radical (unpaired) electrons. The van der Waals surface area contributed by atoms with E-state index >= 15 is 0 Å². The molecule has 1 saturated carbocycles. The van der Waals surface area contributed by atoms with Gasteiger partial charge in [0, 0.05) is 5.69 Å². The van der Waals surface area contributed by atoms with Crippen LogP contribution in [0.3, 0.4) is 0 Å². The number of carbonyl (C=O) groups is 1. The number of aryl methyl sites for hydroxylation is 1. The van der Waals surface area contributed by atoms with Crippen LogP contribution in [0.5, 0.6) is 0 Å². The van der Waals surface area contributed by atoms with Gasteiger partial charge in [0.25, 0.3) is 0 Å². The summed E-state index contributed by atoms with van der Waals surface area (Å²) in [5.74, 6) is 0.0892. The summed E-state index contributed by atoms with van der Waals surface area (Å²) in [4.78, 5) is 14.1. The number of carbonyl (C=O) groups excluding carboxylic acids is 1. The van der Waals surface area contributed by atoms with E-state index in [1.807, 2.05) is 31.2 Å². The summed E-state index contributed by atoms with van der Waals surface area (Å²) < 4.78 is 0. The number of rotatable bonds is 1. The zero-order valence-electron chi connectivity index (χ0n) is 10.2. The number of benzene rings is 1. The lowest BCUT2D eigenvalue weighted by Crippen LogP contribution is -2.36. The van der Waals surface area contributed by atoms with E-state index in [0.717, 1.165) is 18.5 Å². The smallest absolute Gasteiger partial charge is 0.236 e. The third-order valence-electron chi connectivity index (χ3n) is 4.25. The molecule has 0 unspecified atom stereocenters. The molecule has 1 aliphatic heterocycles. The van der Waals surface area contributed by atoms with Crippen molar-refractivity contribution >= 4 is 11.6 Å². The van der Waals surface area contributed by atoms with Gasteiger partial charge < -0.3 is 10.0 Å². The Bertz CT molecular complexity index is 472. The number of β-amino-alcohol motifs (C(OH)–C–C–N with tert-alkyl or cyclic N) is 1. The zero-order valence-corrected chi connectivity index (χ0v) is 10.2. The zero-order chi connectivity index (χ0) is 12.3. The molecule has 3 nitrogen and oxygen atoms in total. The van der Waals surface area contributed by atoms with Gasteiger partial charge in [-0.05, 0) is 38.8 Å². The van der Waals surface area contributed by atoms with Crippen LogP contribution >= 0.6 is 0 Å². The van der Waals surface area contributed by atoms with Gasteiger partial charge in [-0.2, -0.15) is 0 Å². The molecule has 1 amide bonds. The first-order chi connectivity index (χ1) is 7.96. The molecule has 2 fully saturated rings. The topological polar surface area (TPSA) is 40.5 Å². The van der Waals surface area contributed by atoms with Gasteiger partial charge in [0.15, 0.2) is 0 Å². The summed E-state index contributed by atoms with van der Waals surface area (Å²) in [5, 5.41) is 10.4. The number of amides is 1. The predicted molar refractivity (Wildman–Crippen MR) is 65.8 cm³/mol. The summed E-state index contributed by atoms with van der Waals surface area (Å²) in [7, 11) is 0. The van der Waals surface area contributed by atoms with Crippen LogP contribution in [-0.2, 0) is 4.79 Å². The minimum absolute atomic E-state index is 0.0892. The molecule has 1 saturated heterocycles. The molecule has 1 aromatic rings. The van der Waals surface area contributed by atoms with Gasteiger partial charge in [-0.15, -0.1) is 0 Å². The fourth-order valence-electron chi connectivity index (χ4n) is 2.83. The summed E-state index contributed by atoms with van der Waals surface area (Å²) in [6.07, 6.45) is 1.64. The number of nitrogens with zero attached hydrogens (tertiary/aromatic N) is 1. The van der Waals surface area contributed by atoms with Crippen molar-refractivity contribution in [3.8, 4) is 0 Å². The number of anilines is 1. The molecule has 1 heterocycles. The van der Waals surface area contributed by atoms with Crippen LogP contribution in [0.1, 0.15) is 25.3 Å². The maximum atomic E-state index is 12.4. The van der Waals surface area contributed by atoms with E-state index < -0.39 is 11.0 Å². The van der Waals surface area contributed by atoms with Gasteiger partial charge in [0.05, 0.1) is 17.6 Å². The average molecular weight is 231 g/mol. The second kappa shape index (κ2) is 3.10. The minimum Gasteiger partial charge on any atom is -0.387 e. The maximum Gasteiger partial charge on any atom is 0.236 e. The number of hydrogen-bond acceptors (Lipinski definition) is 2. The molecule has 1 N–H and O–H groups in total. The lowest BCUT2D eigenvalue weighted by atomic mass is 9.89. The normalized spacial score (nSPS) is 30.1. The van der Waals surface area contributed by atoms with Crippen molar-refractivity contribution in [2.24, 2.45) is 5.41 Å². The first kappa shape index (κ1) is 10.8. The maximum absolute atomic E-state index is 12.4. The van der Waals surface area contributed by atoms with Crippen LogP contribution in [0.2, 0.25) is 0 Å². The van der Waals surface area contributed by atoms with Gasteiger partial charge in [-0.25, -0.2) is 0 Å². The van der Waals surface area contributed by atoms with Crippen molar-refractivity contribution in [3.05, 3.63) is 29.8 Å². The Morgan fingerprint density at radius 1 is 1.24 bits per heavy atom. The Hall–Kier alpha value is -1.35. The summed E-state index contributed by atoms with van der Waals surface area (Å²) >= 11 is 0. The van der Waals surface area contributed by atoms with Crippen molar-refractivity contribution in [2.75, 3.05) is 11.4 Å². The molecule has 1 spiro atoms. The van der Waals surface area contributed by atoms with E-state index in [4.69, 9.17) is 0 Å². The van der Waals surface area contributed by atoms with Crippen LogP contribution in [0, 0.1) is 12.3 Å². The Morgan fingerprint density at radius 3 is 2.29 bits per heavy atom. The Balaban J connectivity index is 1.96. The third kappa shape index (κ3) is 1.35. The highest BCUT2D eigenvalue weighted by Crippen LogP contribution is 2.59. The van der Waals surface area contributed by atoms with Crippen LogP contribution in [0.4, 0.5) is 5.69 Å². The molecule has 3 rings (SSSR count). The number of aliphatic hydroxyl groups is 1. The lowest BCUT2D eigenvalue weighted by Gasteiger charge is -2.21. The molecule has 1 aromatic carbocycles. The SMILES string of the molecule is Cc1ccc(N2C[C@@](C)(O)C3(CC3)C2=O)cc1. The van der Waals surface area contributed by atoms with Gasteiger partial charge in [-0.3, -0.25) is 4.79 Å². The van der Waals surface area contributed by atoms with Crippen molar-refractivity contribution in [1.29, 1.82) is 0 Å². The fraction of sp³-hybridized carbons (Fsp3) is 0.500. The van der Waals surface area contributed by atoms with Crippen molar-refractivity contribution in [2.45, 2.75) is 32.3 Å². The first-order valence-electron chi connectivity index (χ1n) is 6.07. The predicted octanol–water partition coefficient (Wildman–Crippen LogP) is 1.87. The van der Waals surface area contributed by atoms with Crippen LogP contribution in [-0.4, -0.2) is 23.2 Å². The largest absolute Gasteiger partial charge is 0.387 e. The van der Waals surface area contributed by atoms with E-state index in [1.165, 1.54) is 5.56 Å². The van der Waals surface area contributed by atoms with Gasteiger partial charge in [0.2, 0.25) is 5.91 Å². The Morgan fingerprint density at radius 2 is 1.82 bits per heavy atom. The standard InChI is InChI=1S/C14H17NO2/c1-10-3-5-11(6-4-10)15-9-13(2,17)14(7-8-14)12(15)16/h3-6,17H,7-9H2,1-2H3/t13-/m1/s1. The molecule has 3 heteroatoms. The van der Waals surface area contributed by atoms with E-state index in [9.17, 15) is 9.90 Å². The van der Waals surface area contributed by atoms with E-state index in [-0.39, 0.29) is 5.91 Å². The first-order valence-corrected chi connectivity index (χ1v) is 6.07. The van der Waals surface area contributed by atoms with Crippen LogP contribution in [0.15, 0.2) is 24.3 Å². The number of hydrogen-bond donors (Lipinski definition) is 1. The Labute approximate surface area is 101 Å². The average Bonchev–Trinajstić information content (AvgIpc) is 3.04. The van der Waals surface area contributed by atoms with Crippen LogP contribution in [0.25, 0.3) is 0 Å². The Kier molecular flexibility index (Phi) is 1.97. The fourth-order valence-corrected chi connectivity index (χ4v) is 2.83. The highest BCUT2D eigenvalue weighted by molar-refractivity contribution is 6.03. The quantitative estimate of drug-likeness (QED) is 0.801. The van der Waals surface area contributed by atoms with Crippen LogP contribution < -0.4 is 4.90 Å². The molecule has 90 valence electrons. The second-order valence-corrected chi connectivity index (χ2v) is 5.58. The van der Waals surface area contributed by atoms with E-state index in [2.05, 4.69) is 0 Å². The molecule has 17 heavy (non-hydrogen) atoms. The monoisotopic (exact) mass is 231 g/mol. The van der Waals surface area contributed by atoms with Crippen molar-refractivity contribution in [3.63, 3.8) is 0 Å². The molecular weight excluding hydrogens is 214 g/mol. The summed E-state index contributed by atoms with van der Waals surface area (Å²) in [5.41, 5.74) is 0.699. The lowest BCUT2D eigenvalue weighted by molar-refractivity contribution is -0.125. The molecule has 2 aliphatic rings. The van der Waals surface area contributed by atoms with Gasteiger partial charge in [-0.1, -0.05) is 17.7 Å². The summed E-state index contributed by atoms with van der Waals surface area (Å²) in [6, 6.07) is 7.89. The van der Waals surface area contributed by atoms with Crippen molar-refractivity contribution < 1.29 is 9.90 Å². The second-order valence-electron chi connectivity index (χ2n) is 5.58.